The minimum atomic E-state index is -0.484. The molecule has 0 atom stereocenters. The zero-order valence-electron chi connectivity index (χ0n) is 7.40. The minimum absolute atomic E-state index is 0.00676. The number of nitro benzene ring substituents is 1. The molecular weight excluding hydrogens is 170 g/mol. The van der Waals surface area contributed by atoms with Crippen LogP contribution in [0.25, 0.3) is 0 Å². The van der Waals surface area contributed by atoms with E-state index in [1.165, 1.54) is 6.07 Å². The number of aryl methyl sites for hydroxylation is 1. The first-order valence-electron chi connectivity index (χ1n) is 3.77. The third-order valence-corrected chi connectivity index (χ3v) is 2.02. The Morgan fingerprint density at radius 2 is 2.00 bits per heavy atom. The highest BCUT2D eigenvalue weighted by atomic mass is 16.6. The Morgan fingerprint density at radius 1 is 1.38 bits per heavy atom. The average Bonchev–Trinajstić information content (AvgIpc) is 2.04. The number of carbonyl (C=O) groups excluding carboxylic acids is 1. The first-order chi connectivity index (χ1) is 6.07. The second-order valence-corrected chi connectivity index (χ2v) is 2.82. The fourth-order valence-electron chi connectivity index (χ4n) is 1.23. The average molecular weight is 179 g/mol. The van der Waals surface area contributed by atoms with Crippen molar-refractivity contribution in [3.63, 3.8) is 0 Å². The van der Waals surface area contributed by atoms with E-state index in [2.05, 4.69) is 0 Å². The molecule has 4 heteroatoms. The van der Waals surface area contributed by atoms with E-state index >= 15 is 0 Å². The molecule has 0 fully saturated rings. The van der Waals surface area contributed by atoms with Gasteiger partial charge in [0.25, 0.3) is 5.69 Å². The summed E-state index contributed by atoms with van der Waals surface area (Å²) in [5, 5.41) is 10.5. The minimum Gasteiger partial charge on any atom is -0.298 e. The van der Waals surface area contributed by atoms with Crippen LogP contribution in [-0.4, -0.2) is 11.2 Å². The van der Waals surface area contributed by atoms with Gasteiger partial charge in [-0.3, -0.25) is 14.9 Å². The summed E-state index contributed by atoms with van der Waals surface area (Å²) in [6, 6.07) is 2.99. The lowest BCUT2D eigenvalue weighted by Crippen LogP contribution is -1.97. The van der Waals surface area contributed by atoms with Crippen LogP contribution in [0.2, 0.25) is 0 Å². The van der Waals surface area contributed by atoms with Crippen LogP contribution in [-0.2, 0) is 0 Å². The molecule has 0 N–H and O–H groups in total. The van der Waals surface area contributed by atoms with Crippen molar-refractivity contribution in [1.82, 2.24) is 0 Å². The molecule has 0 aliphatic carbocycles. The summed E-state index contributed by atoms with van der Waals surface area (Å²) in [6.07, 6.45) is 0.650. The van der Waals surface area contributed by atoms with E-state index in [0.717, 1.165) is 5.56 Å². The Hall–Kier alpha value is -1.71. The predicted octanol–water partition coefficient (Wildman–Crippen LogP) is 2.02. The maximum atomic E-state index is 10.6. The number of rotatable bonds is 2. The van der Waals surface area contributed by atoms with E-state index in [4.69, 9.17) is 0 Å². The maximum absolute atomic E-state index is 10.6. The van der Waals surface area contributed by atoms with Gasteiger partial charge in [-0.2, -0.15) is 0 Å². The van der Waals surface area contributed by atoms with Crippen molar-refractivity contribution in [2.24, 2.45) is 0 Å². The van der Waals surface area contributed by atoms with E-state index < -0.39 is 4.92 Å². The molecule has 0 aliphatic heterocycles. The van der Waals surface area contributed by atoms with E-state index in [1.54, 1.807) is 19.9 Å². The number of nitro groups is 1. The monoisotopic (exact) mass is 179 g/mol. The Morgan fingerprint density at radius 3 is 2.46 bits per heavy atom. The summed E-state index contributed by atoms with van der Waals surface area (Å²) < 4.78 is 0. The van der Waals surface area contributed by atoms with Crippen molar-refractivity contribution in [1.29, 1.82) is 0 Å². The van der Waals surface area contributed by atoms with Crippen molar-refractivity contribution in [2.45, 2.75) is 13.8 Å². The number of aldehydes is 1. The molecule has 0 radical (unpaired) electrons. The molecule has 4 nitrogen and oxygen atoms in total. The Balaban J connectivity index is 3.44. The van der Waals surface area contributed by atoms with Crippen molar-refractivity contribution in [3.8, 4) is 0 Å². The van der Waals surface area contributed by atoms with E-state index in [9.17, 15) is 14.9 Å². The number of hydrogen-bond acceptors (Lipinski definition) is 3. The van der Waals surface area contributed by atoms with Gasteiger partial charge in [-0.25, -0.2) is 0 Å². The summed E-state index contributed by atoms with van der Waals surface area (Å²) in [6.45, 7) is 3.33. The highest BCUT2D eigenvalue weighted by Gasteiger charge is 2.14. The van der Waals surface area contributed by atoms with Crippen molar-refractivity contribution in [2.75, 3.05) is 0 Å². The van der Waals surface area contributed by atoms with Gasteiger partial charge < -0.3 is 0 Å². The molecule has 0 amide bonds. The topological polar surface area (TPSA) is 60.2 Å². The second kappa shape index (κ2) is 3.35. The maximum Gasteiger partial charge on any atom is 0.273 e. The molecular formula is C9H9NO3. The third kappa shape index (κ3) is 1.56. The van der Waals surface area contributed by atoms with E-state index in [1.807, 2.05) is 0 Å². The molecule has 0 spiro atoms. The lowest BCUT2D eigenvalue weighted by atomic mass is 10.0. The first-order valence-corrected chi connectivity index (χ1v) is 3.77. The largest absolute Gasteiger partial charge is 0.298 e. The highest BCUT2D eigenvalue weighted by molar-refractivity contribution is 5.81. The van der Waals surface area contributed by atoms with Crippen LogP contribution in [0, 0.1) is 24.0 Å². The van der Waals surface area contributed by atoms with Crippen LogP contribution >= 0.6 is 0 Å². The zero-order chi connectivity index (χ0) is 10.0. The Labute approximate surface area is 75.3 Å². The van der Waals surface area contributed by atoms with Crippen LogP contribution in [0.4, 0.5) is 5.69 Å². The van der Waals surface area contributed by atoms with Crippen LogP contribution in [0.3, 0.4) is 0 Å². The summed E-state index contributed by atoms with van der Waals surface area (Å²) in [5.41, 5.74) is 1.60. The van der Waals surface area contributed by atoms with E-state index in [0.29, 0.717) is 17.4 Å². The number of benzene rings is 1. The molecule has 0 bridgehead atoms. The molecule has 1 aromatic rings. The predicted molar refractivity (Wildman–Crippen MR) is 48.0 cm³/mol. The molecule has 0 unspecified atom stereocenters. The molecule has 68 valence electrons. The Bertz CT molecular complexity index is 371. The van der Waals surface area contributed by atoms with Gasteiger partial charge in [0, 0.05) is 17.2 Å². The zero-order valence-corrected chi connectivity index (χ0v) is 7.40. The lowest BCUT2D eigenvalue weighted by molar-refractivity contribution is -0.385. The fraction of sp³-hybridized carbons (Fsp3) is 0.222. The standard InChI is InChI=1S/C9H9NO3/c1-6-3-4-9(10(12)13)7(2)8(6)5-11/h3-5H,1-2H3. The lowest BCUT2D eigenvalue weighted by Gasteiger charge is -2.02. The molecule has 13 heavy (non-hydrogen) atoms. The van der Waals surface area contributed by atoms with Gasteiger partial charge >= 0.3 is 0 Å². The number of carbonyl (C=O) groups is 1. The second-order valence-electron chi connectivity index (χ2n) is 2.82. The third-order valence-electron chi connectivity index (χ3n) is 2.02. The Kier molecular flexibility index (Phi) is 2.41. The van der Waals surface area contributed by atoms with Gasteiger partial charge in [-0.15, -0.1) is 0 Å². The van der Waals surface area contributed by atoms with Gasteiger partial charge in [0.15, 0.2) is 6.29 Å². The number of nitrogens with zero attached hydrogens (tertiary/aromatic N) is 1. The van der Waals surface area contributed by atoms with Gasteiger partial charge in [0.2, 0.25) is 0 Å². The normalized spacial score (nSPS) is 9.69. The van der Waals surface area contributed by atoms with Crippen molar-refractivity contribution >= 4 is 12.0 Å². The summed E-state index contributed by atoms with van der Waals surface area (Å²) >= 11 is 0. The van der Waals surface area contributed by atoms with Crippen LogP contribution in [0.5, 0.6) is 0 Å². The quantitative estimate of drug-likeness (QED) is 0.396. The van der Waals surface area contributed by atoms with Crippen LogP contribution in [0.1, 0.15) is 21.5 Å². The SMILES string of the molecule is Cc1ccc([N+](=O)[O-])c(C)c1C=O. The molecule has 1 rings (SSSR count). The van der Waals surface area contributed by atoms with Gasteiger partial charge in [-0.1, -0.05) is 6.07 Å². The van der Waals surface area contributed by atoms with Crippen LogP contribution in [0.15, 0.2) is 12.1 Å². The fourth-order valence-corrected chi connectivity index (χ4v) is 1.23. The molecule has 0 saturated carbocycles. The van der Waals surface area contributed by atoms with Gasteiger partial charge in [0.1, 0.15) is 0 Å². The number of hydrogen-bond donors (Lipinski definition) is 0. The smallest absolute Gasteiger partial charge is 0.273 e. The summed E-state index contributed by atoms with van der Waals surface area (Å²) in [7, 11) is 0. The highest BCUT2D eigenvalue weighted by Crippen LogP contribution is 2.22. The van der Waals surface area contributed by atoms with Crippen molar-refractivity contribution < 1.29 is 9.72 Å². The van der Waals surface area contributed by atoms with Crippen molar-refractivity contribution in [3.05, 3.63) is 38.9 Å². The van der Waals surface area contributed by atoms with Gasteiger partial charge in [0.05, 0.1) is 4.92 Å². The first kappa shape index (κ1) is 9.38. The molecule has 1 aromatic carbocycles. The van der Waals surface area contributed by atoms with Crippen LogP contribution < -0.4 is 0 Å². The molecule has 0 aliphatic rings. The molecule has 0 heterocycles. The van der Waals surface area contributed by atoms with E-state index in [-0.39, 0.29) is 5.69 Å². The molecule has 0 aromatic heterocycles. The summed E-state index contributed by atoms with van der Waals surface area (Å²) in [5.74, 6) is 0. The molecule has 0 saturated heterocycles. The summed E-state index contributed by atoms with van der Waals surface area (Å²) in [4.78, 5) is 20.6. The van der Waals surface area contributed by atoms with Gasteiger partial charge in [-0.05, 0) is 19.4 Å².